The van der Waals surface area contributed by atoms with Crippen molar-refractivity contribution in [3.63, 3.8) is 0 Å². The molecule has 4 nitrogen and oxygen atoms in total. The molecule has 0 fully saturated rings. The van der Waals surface area contributed by atoms with Gasteiger partial charge in [0.05, 0.1) is 17.2 Å². The van der Waals surface area contributed by atoms with Gasteiger partial charge in [0, 0.05) is 18.5 Å². The molecule has 0 saturated heterocycles. The molecule has 0 atom stereocenters. The van der Waals surface area contributed by atoms with Gasteiger partial charge < -0.3 is 9.64 Å². The molecule has 0 aliphatic heterocycles. The quantitative estimate of drug-likeness (QED) is 0.768. The van der Waals surface area contributed by atoms with Crippen LogP contribution in [0.5, 0.6) is 5.75 Å². The Labute approximate surface area is 135 Å². The maximum Gasteiger partial charge on any atom is 0.246 e. The van der Waals surface area contributed by atoms with Gasteiger partial charge in [-0.05, 0) is 37.6 Å². The van der Waals surface area contributed by atoms with Gasteiger partial charge >= 0.3 is 0 Å². The molecule has 1 amide bonds. The van der Waals surface area contributed by atoms with Gasteiger partial charge in [-0.15, -0.1) is 11.3 Å². The summed E-state index contributed by atoms with van der Waals surface area (Å²) in [5.41, 5.74) is 1.98. The van der Waals surface area contributed by atoms with Crippen molar-refractivity contribution in [1.29, 1.82) is 0 Å². The van der Waals surface area contributed by atoms with Crippen molar-refractivity contribution < 1.29 is 9.53 Å². The third-order valence-corrected chi connectivity index (χ3v) is 3.89. The number of rotatable bonds is 6. The average molecular weight is 316 g/mol. The first kappa shape index (κ1) is 16.2. The first-order chi connectivity index (χ1) is 10.5. The van der Waals surface area contributed by atoms with Crippen LogP contribution >= 0.6 is 11.3 Å². The van der Waals surface area contributed by atoms with Crippen LogP contribution in [-0.4, -0.2) is 36.0 Å². The number of hydrogen-bond acceptors (Lipinski definition) is 4. The van der Waals surface area contributed by atoms with Crippen LogP contribution in [0.25, 0.3) is 6.08 Å². The molecule has 5 heteroatoms. The minimum Gasteiger partial charge on any atom is -0.492 e. The Balaban J connectivity index is 1.78. The minimum atomic E-state index is -0.0569. The number of carbonyl (C=O) groups excluding carboxylic acids is 1. The van der Waals surface area contributed by atoms with Gasteiger partial charge in [0.15, 0.2) is 0 Å². The van der Waals surface area contributed by atoms with Gasteiger partial charge in [0.25, 0.3) is 0 Å². The number of amides is 1. The molecule has 0 aliphatic rings. The van der Waals surface area contributed by atoms with E-state index >= 15 is 0 Å². The van der Waals surface area contributed by atoms with Crippen molar-refractivity contribution in [2.24, 2.45) is 0 Å². The van der Waals surface area contributed by atoms with E-state index in [1.807, 2.05) is 43.5 Å². The number of carbonyl (C=O) groups is 1. The molecule has 0 N–H and O–H groups in total. The molecule has 116 valence electrons. The molecule has 0 aliphatic carbocycles. The molecule has 1 heterocycles. The van der Waals surface area contributed by atoms with E-state index in [1.54, 1.807) is 35.4 Å². The van der Waals surface area contributed by atoms with Crippen LogP contribution in [0.2, 0.25) is 0 Å². The van der Waals surface area contributed by atoms with Gasteiger partial charge in [-0.1, -0.05) is 12.1 Å². The third kappa shape index (κ3) is 5.00. The van der Waals surface area contributed by atoms with Crippen molar-refractivity contribution in [2.75, 3.05) is 20.2 Å². The fraction of sp³-hybridized carbons (Fsp3) is 0.294. The summed E-state index contributed by atoms with van der Waals surface area (Å²) in [7, 11) is 1.76. The van der Waals surface area contributed by atoms with Crippen molar-refractivity contribution in [3.05, 3.63) is 52.0 Å². The zero-order valence-electron chi connectivity index (χ0n) is 13.1. The number of aryl methyl sites for hydroxylation is 2. The average Bonchev–Trinajstić information content (AvgIpc) is 2.90. The van der Waals surface area contributed by atoms with Crippen LogP contribution in [0, 0.1) is 13.8 Å². The lowest BCUT2D eigenvalue weighted by molar-refractivity contribution is -0.125. The number of aromatic nitrogens is 1. The molecule has 22 heavy (non-hydrogen) atoms. The van der Waals surface area contributed by atoms with E-state index in [0.717, 1.165) is 22.0 Å². The first-order valence-electron chi connectivity index (χ1n) is 7.09. The van der Waals surface area contributed by atoms with Crippen molar-refractivity contribution in [1.82, 2.24) is 9.88 Å². The van der Waals surface area contributed by atoms with Gasteiger partial charge in [-0.3, -0.25) is 4.79 Å². The predicted molar refractivity (Wildman–Crippen MR) is 90.2 cm³/mol. The lowest BCUT2D eigenvalue weighted by Gasteiger charge is -2.15. The van der Waals surface area contributed by atoms with Crippen LogP contribution < -0.4 is 4.74 Å². The Bertz CT molecular complexity index is 664. The Morgan fingerprint density at radius 1 is 1.41 bits per heavy atom. The third-order valence-electron chi connectivity index (χ3n) is 3.09. The smallest absolute Gasteiger partial charge is 0.246 e. The Morgan fingerprint density at radius 3 is 2.91 bits per heavy atom. The van der Waals surface area contributed by atoms with Crippen LogP contribution in [0.4, 0.5) is 0 Å². The molecule has 1 aromatic heterocycles. The number of thiazole rings is 1. The topological polar surface area (TPSA) is 42.4 Å². The largest absolute Gasteiger partial charge is 0.492 e. The predicted octanol–water partition coefficient (Wildman–Crippen LogP) is 3.31. The first-order valence-corrected chi connectivity index (χ1v) is 7.97. The second kappa shape index (κ2) is 7.75. The summed E-state index contributed by atoms with van der Waals surface area (Å²) in [5, 5.41) is 2.92. The van der Waals surface area contributed by atoms with Gasteiger partial charge in [-0.2, -0.15) is 0 Å². The molecule has 2 aromatic rings. The fourth-order valence-electron chi connectivity index (χ4n) is 1.86. The summed E-state index contributed by atoms with van der Waals surface area (Å²) < 4.78 is 5.65. The zero-order chi connectivity index (χ0) is 15.9. The maximum atomic E-state index is 12.0. The van der Waals surface area contributed by atoms with Crippen LogP contribution in [0.15, 0.2) is 35.7 Å². The van der Waals surface area contributed by atoms with Crippen LogP contribution in [0.3, 0.4) is 0 Å². The Hall–Kier alpha value is -2.14. The van der Waals surface area contributed by atoms with E-state index in [9.17, 15) is 4.79 Å². The molecule has 0 saturated carbocycles. The monoisotopic (exact) mass is 316 g/mol. The number of likely N-dealkylation sites (N-methyl/N-ethyl adjacent to an activating group) is 1. The molecule has 1 aromatic carbocycles. The summed E-state index contributed by atoms with van der Waals surface area (Å²) in [6.07, 6.45) is 3.28. The SMILES string of the molecule is Cc1cccc(OCCN(C)C(=O)/C=C/c2csc(C)n2)c1. The highest BCUT2D eigenvalue weighted by Crippen LogP contribution is 2.12. The minimum absolute atomic E-state index is 0.0569. The van der Waals surface area contributed by atoms with Crippen molar-refractivity contribution >= 4 is 23.3 Å². The van der Waals surface area contributed by atoms with E-state index in [1.165, 1.54) is 0 Å². The Morgan fingerprint density at radius 2 is 2.23 bits per heavy atom. The highest BCUT2D eigenvalue weighted by molar-refractivity contribution is 7.09. The number of ether oxygens (including phenoxy) is 1. The fourth-order valence-corrected chi connectivity index (χ4v) is 2.44. The van der Waals surface area contributed by atoms with Gasteiger partial charge in [0.1, 0.15) is 12.4 Å². The van der Waals surface area contributed by atoms with Gasteiger partial charge in [0.2, 0.25) is 5.91 Å². The van der Waals surface area contributed by atoms with E-state index in [2.05, 4.69) is 4.98 Å². The second-order valence-electron chi connectivity index (χ2n) is 5.05. The van der Waals surface area contributed by atoms with Crippen molar-refractivity contribution in [3.8, 4) is 5.75 Å². The highest BCUT2D eigenvalue weighted by atomic mass is 32.1. The number of nitrogens with zero attached hydrogens (tertiary/aromatic N) is 2. The summed E-state index contributed by atoms with van der Waals surface area (Å²) in [4.78, 5) is 17.9. The standard InChI is InChI=1S/C17H20N2O2S/c1-13-5-4-6-16(11-13)21-10-9-19(3)17(20)8-7-15-12-22-14(2)18-15/h4-8,11-12H,9-10H2,1-3H3/b8-7+. The lowest BCUT2D eigenvalue weighted by atomic mass is 10.2. The van der Waals surface area contributed by atoms with E-state index in [-0.39, 0.29) is 5.91 Å². The maximum absolute atomic E-state index is 12.0. The zero-order valence-corrected chi connectivity index (χ0v) is 13.9. The molecule has 0 spiro atoms. The molecule has 0 radical (unpaired) electrons. The lowest BCUT2D eigenvalue weighted by Crippen LogP contribution is -2.29. The van der Waals surface area contributed by atoms with Crippen LogP contribution in [-0.2, 0) is 4.79 Å². The Kier molecular flexibility index (Phi) is 5.72. The van der Waals surface area contributed by atoms with Crippen molar-refractivity contribution in [2.45, 2.75) is 13.8 Å². The summed E-state index contributed by atoms with van der Waals surface area (Å²) in [5.74, 6) is 0.771. The second-order valence-corrected chi connectivity index (χ2v) is 6.11. The normalized spacial score (nSPS) is 10.9. The summed E-state index contributed by atoms with van der Waals surface area (Å²) in [6.45, 7) is 4.97. The number of benzene rings is 1. The highest BCUT2D eigenvalue weighted by Gasteiger charge is 2.05. The van der Waals surface area contributed by atoms with E-state index in [0.29, 0.717) is 13.2 Å². The number of hydrogen-bond donors (Lipinski definition) is 0. The molecule has 0 unspecified atom stereocenters. The molecular formula is C17H20N2O2S. The van der Waals surface area contributed by atoms with E-state index in [4.69, 9.17) is 4.74 Å². The molecule has 0 bridgehead atoms. The molecular weight excluding hydrogens is 296 g/mol. The van der Waals surface area contributed by atoms with Gasteiger partial charge in [-0.25, -0.2) is 4.98 Å². The van der Waals surface area contributed by atoms with Crippen LogP contribution in [0.1, 0.15) is 16.3 Å². The summed E-state index contributed by atoms with van der Waals surface area (Å²) in [6, 6.07) is 7.87. The van der Waals surface area contributed by atoms with E-state index < -0.39 is 0 Å². The molecule has 2 rings (SSSR count). The summed E-state index contributed by atoms with van der Waals surface area (Å²) >= 11 is 1.57.